The second kappa shape index (κ2) is 18.3. The zero-order valence-electron chi connectivity index (χ0n) is 25.5. The van der Waals surface area contributed by atoms with E-state index in [9.17, 15) is 14.0 Å². The summed E-state index contributed by atoms with van der Waals surface area (Å²) in [5.74, 6) is 0.345. The molecule has 0 aliphatic rings. The molecule has 44 heavy (non-hydrogen) atoms. The van der Waals surface area contributed by atoms with Gasteiger partial charge in [0, 0.05) is 62.2 Å². The van der Waals surface area contributed by atoms with Crippen molar-refractivity contribution in [3.8, 4) is 11.1 Å². The van der Waals surface area contributed by atoms with Crippen molar-refractivity contribution < 1.29 is 14.3 Å². The standard InChI is InChI=1S/C20H25ClN2O.C14H15FN2O2S/c1-3-22(4-2)13-14-23(16-24)15-17-5-7-18(8-6-17)19-9-11-20(21)12-10-19;1-17-8-11(6-7-18)13(19)16-14(17)20-9-10-2-4-12(15)5-3-10/h5-12,16H,3-4,13-15H2,1-2H3;2-5,8,18H,6-7,9H2,1H3. The van der Waals surface area contributed by atoms with Crippen LogP contribution in [0.25, 0.3) is 11.1 Å². The molecule has 0 fully saturated rings. The van der Waals surface area contributed by atoms with Gasteiger partial charge in [-0.25, -0.2) is 4.39 Å². The van der Waals surface area contributed by atoms with Gasteiger partial charge in [0.25, 0.3) is 5.56 Å². The van der Waals surface area contributed by atoms with E-state index in [1.54, 1.807) is 29.9 Å². The zero-order chi connectivity index (χ0) is 31.9. The molecule has 0 radical (unpaired) electrons. The number of carbonyl (C=O) groups is 1. The van der Waals surface area contributed by atoms with Crippen molar-refractivity contribution in [2.24, 2.45) is 7.05 Å². The van der Waals surface area contributed by atoms with Crippen LogP contribution in [0.15, 0.2) is 88.9 Å². The first kappa shape index (κ1) is 35.0. The van der Waals surface area contributed by atoms with Gasteiger partial charge in [-0.3, -0.25) is 9.59 Å². The Balaban J connectivity index is 0.000000244. The van der Waals surface area contributed by atoms with Crippen molar-refractivity contribution in [3.05, 3.63) is 117 Å². The number of aliphatic hydroxyl groups is 1. The van der Waals surface area contributed by atoms with Gasteiger partial charge >= 0.3 is 0 Å². The number of amides is 1. The highest BCUT2D eigenvalue weighted by Gasteiger charge is 2.08. The average Bonchev–Trinajstić information content (AvgIpc) is 3.04. The number of thioether (sulfide) groups is 1. The molecule has 1 heterocycles. The van der Waals surface area contributed by atoms with Gasteiger partial charge in [0.05, 0.1) is 0 Å². The van der Waals surface area contributed by atoms with Crippen LogP contribution in [-0.2, 0) is 30.6 Å². The molecule has 0 aliphatic heterocycles. The molecule has 10 heteroatoms. The quantitative estimate of drug-likeness (QED) is 0.103. The van der Waals surface area contributed by atoms with Crippen molar-refractivity contribution >= 4 is 29.8 Å². The van der Waals surface area contributed by atoms with Crippen molar-refractivity contribution in [1.29, 1.82) is 0 Å². The van der Waals surface area contributed by atoms with Crippen LogP contribution in [0.2, 0.25) is 5.02 Å². The number of nitrogens with zero attached hydrogens (tertiary/aromatic N) is 4. The Hall–Kier alpha value is -3.50. The maximum Gasteiger partial charge on any atom is 0.276 e. The monoisotopic (exact) mass is 638 g/mol. The summed E-state index contributed by atoms with van der Waals surface area (Å²) in [7, 11) is 1.81. The highest BCUT2D eigenvalue weighted by molar-refractivity contribution is 7.98. The van der Waals surface area contributed by atoms with Gasteiger partial charge in [0.2, 0.25) is 6.41 Å². The van der Waals surface area contributed by atoms with Crippen LogP contribution in [0.4, 0.5) is 4.39 Å². The number of benzene rings is 3. The minimum absolute atomic E-state index is 0.0704. The largest absolute Gasteiger partial charge is 0.396 e. The highest BCUT2D eigenvalue weighted by Crippen LogP contribution is 2.22. The molecule has 0 aliphatic carbocycles. The summed E-state index contributed by atoms with van der Waals surface area (Å²) in [5, 5.41) is 10.2. The van der Waals surface area contributed by atoms with Crippen LogP contribution < -0.4 is 5.56 Å². The fourth-order valence-corrected chi connectivity index (χ4v) is 5.41. The van der Waals surface area contributed by atoms with Crippen LogP contribution in [0.5, 0.6) is 0 Å². The molecule has 0 unspecified atom stereocenters. The molecule has 234 valence electrons. The molecular formula is C34H40ClFN4O3S. The molecule has 1 aromatic heterocycles. The molecule has 0 spiro atoms. The normalized spacial score (nSPS) is 10.8. The SMILES string of the molecule is CCN(CC)CCN(C=O)Cc1ccc(-c2ccc(Cl)cc2)cc1.Cn1cc(CCO)c(=O)nc1SCc1ccc(F)cc1. The van der Waals surface area contributed by atoms with Crippen molar-refractivity contribution in [2.75, 3.05) is 32.8 Å². The van der Waals surface area contributed by atoms with Gasteiger partial charge < -0.3 is 19.5 Å². The van der Waals surface area contributed by atoms with Gasteiger partial charge in [-0.15, -0.1) is 0 Å². The fraction of sp³-hybridized carbons (Fsp3) is 0.324. The maximum absolute atomic E-state index is 12.8. The molecule has 0 saturated heterocycles. The van der Waals surface area contributed by atoms with Crippen molar-refractivity contribution in [1.82, 2.24) is 19.4 Å². The average molecular weight is 639 g/mol. The maximum atomic E-state index is 12.8. The molecule has 3 aromatic carbocycles. The van der Waals surface area contributed by atoms with E-state index in [4.69, 9.17) is 16.7 Å². The van der Waals surface area contributed by atoms with Gasteiger partial charge in [-0.05, 0) is 59.6 Å². The van der Waals surface area contributed by atoms with Crippen LogP contribution in [-0.4, -0.2) is 63.7 Å². The van der Waals surface area contributed by atoms with Crippen LogP contribution in [0, 0.1) is 5.82 Å². The molecule has 0 atom stereocenters. The fourth-order valence-electron chi connectivity index (χ4n) is 4.39. The predicted octanol–water partition coefficient (Wildman–Crippen LogP) is 6.05. The minimum atomic E-state index is -0.307. The Morgan fingerprint density at radius 1 is 0.932 bits per heavy atom. The first-order valence-corrected chi connectivity index (χ1v) is 15.9. The first-order valence-electron chi connectivity index (χ1n) is 14.6. The first-order chi connectivity index (χ1) is 21.3. The molecule has 0 bridgehead atoms. The molecule has 0 saturated carbocycles. The summed E-state index contributed by atoms with van der Waals surface area (Å²) in [6, 6.07) is 22.4. The Morgan fingerprint density at radius 2 is 1.52 bits per heavy atom. The third-order valence-electron chi connectivity index (χ3n) is 7.05. The number of carbonyl (C=O) groups excluding carboxylic acids is 1. The summed E-state index contributed by atoms with van der Waals surface area (Å²) in [4.78, 5) is 31.2. The number of aromatic nitrogens is 2. The lowest BCUT2D eigenvalue weighted by Gasteiger charge is -2.23. The second-order valence-electron chi connectivity index (χ2n) is 10.2. The van der Waals surface area contributed by atoms with Crippen LogP contribution in [0.1, 0.15) is 30.5 Å². The van der Waals surface area contributed by atoms with Crippen molar-refractivity contribution in [3.63, 3.8) is 0 Å². The highest BCUT2D eigenvalue weighted by atomic mass is 35.5. The Morgan fingerprint density at radius 3 is 2.09 bits per heavy atom. The van der Waals surface area contributed by atoms with Crippen molar-refractivity contribution in [2.45, 2.75) is 37.7 Å². The number of likely N-dealkylation sites (N-methyl/N-ethyl adjacent to an activating group) is 1. The predicted molar refractivity (Wildman–Crippen MR) is 177 cm³/mol. The van der Waals surface area contributed by atoms with Gasteiger partial charge in [-0.2, -0.15) is 4.98 Å². The third kappa shape index (κ3) is 11.2. The Labute approximate surface area is 268 Å². The van der Waals surface area contributed by atoms with Gasteiger partial charge in [-0.1, -0.05) is 85.7 Å². The summed E-state index contributed by atoms with van der Waals surface area (Å²) in [5.41, 5.74) is 4.58. The topological polar surface area (TPSA) is 78.7 Å². The number of hydrogen-bond donors (Lipinski definition) is 1. The zero-order valence-corrected chi connectivity index (χ0v) is 27.0. The lowest BCUT2D eigenvalue weighted by Crippen LogP contribution is -2.34. The number of aliphatic hydroxyl groups excluding tert-OH is 1. The summed E-state index contributed by atoms with van der Waals surface area (Å²) in [6.07, 6.45) is 2.94. The van der Waals surface area contributed by atoms with E-state index in [0.29, 0.717) is 29.4 Å². The van der Waals surface area contributed by atoms with E-state index in [1.165, 1.54) is 23.9 Å². The molecule has 4 rings (SSSR count). The third-order valence-corrected chi connectivity index (χ3v) is 8.42. The van der Waals surface area contributed by atoms with E-state index in [-0.39, 0.29) is 18.0 Å². The number of hydrogen-bond acceptors (Lipinski definition) is 6. The summed E-state index contributed by atoms with van der Waals surface area (Å²) >= 11 is 7.34. The van der Waals surface area contributed by atoms with Crippen LogP contribution in [0.3, 0.4) is 0 Å². The molecule has 1 amide bonds. The van der Waals surface area contributed by atoms with E-state index >= 15 is 0 Å². The number of halogens is 2. The van der Waals surface area contributed by atoms with E-state index < -0.39 is 0 Å². The van der Waals surface area contributed by atoms with Crippen LogP contribution >= 0.6 is 23.4 Å². The Kier molecular flexibility index (Phi) is 14.6. The Bertz CT molecular complexity index is 1500. The second-order valence-corrected chi connectivity index (χ2v) is 11.5. The lowest BCUT2D eigenvalue weighted by atomic mass is 10.0. The van der Waals surface area contributed by atoms with Gasteiger partial charge in [0.1, 0.15) is 5.82 Å². The van der Waals surface area contributed by atoms with E-state index in [0.717, 1.165) is 59.9 Å². The summed E-state index contributed by atoms with van der Waals surface area (Å²) < 4.78 is 14.6. The van der Waals surface area contributed by atoms with E-state index in [1.807, 2.05) is 29.2 Å². The molecular weight excluding hydrogens is 599 g/mol. The molecule has 4 aromatic rings. The number of rotatable bonds is 14. The summed E-state index contributed by atoms with van der Waals surface area (Å²) in [6.45, 7) is 8.55. The number of aryl methyl sites for hydroxylation is 1. The van der Waals surface area contributed by atoms with E-state index in [2.05, 4.69) is 48.0 Å². The minimum Gasteiger partial charge on any atom is -0.396 e. The molecule has 1 N–H and O–H groups in total. The molecule has 7 nitrogen and oxygen atoms in total. The smallest absolute Gasteiger partial charge is 0.276 e. The van der Waals surface area contributed by atoms with Gasteiger partial charge in [0.15, 0.2) is 5.16 Å². The lowest BCUT2D eigenvalue weighted by molar-refractivity contribution is -0.118.